The molecule has 1 N–H and O–H groups in total. The van der Waals surface area contributed by atoms with Crippen LogP contribution in [0.1, 0.15) is 30.6 Å². The summed E-state index contributed by atoms with van der Waals surface area (Å²) >= 11 is 9.23. The first-order chi connectivity index (χ1) is 12.4. The highest BCUT2D eigenvalue weighted by atomic mass is 79.9. The Kier molecular flexibility index (Phi) is 7.48. The Morgan fingerprint density at radius 2 is 1.88 bits per heavy atom. The molecule has 26 heavy (non-hydrogen) atoms. The number of anilines is 1. The highest BCUT2D eigenvalue weighted by Gasteiger charge is 2.17. The molecule has 7 heteroatoms. The number of nitrogens with one attached hydrogen (secondary N) is 1. The second kappa shape index (κ2) is 9.59. The van der Waals surface area contributed by atoms with Gasteiger partial charge in [0.2, 0.25) is 0 Å². The Balaban J connectivity index is 1.95. The predicted octanol–water partition coefficient (Wildman–Crippen LogP) is 5.08. The Bertz CT molecular complexity index is 780. The number of carbonyl (C=O) groups is 2. The largest absolute Gasteiger partial charge is 0.480 e. The molecule has 0 heterocycles. The third-order valence-electron chi connectivity index (χ3n) is 3.39. The number of amides is 1. The molecule has 5 nitrogen and oxygen atoms in total. The molecule has 0 aliphatic rings. The van der Waals surface area contributed by atoms with Gasteiger partial charge in [0.15, 0.2) is 6.10 Å². The van der Waals surface area contributed by atoms with Gasteiger partial charge in [-0.1, -0.05) is 18.5 Å². The van der Waals surface area contributed by atoms with Crippen molar-refractivity contribution in [2.45, 2.75) is 26.4 Å². The van der Waals surface area contributed by atoms with E-state index in [2.05, 4.69) is 21.2 Å². The topological polar surface area (TPSA) is 64.6 Å². The molecule has 0 spiro atoms. The first kappa shape index (κ1) is 20.3. The third-order valence-corrected chi connectivity index (χ3v) is 4.25. The average molecular weight is 441 g/mol. The lowest BCUT2D eigenvalue weighted by Crippen LogP contribution is -2.30. The molecule has 2 aromatic carbocycles. The van der Waals surface area contributed by atoms with Crippen molar-refractivity contribution in [2.75, 3.05) is 11.9 Å². The van der Waals surface area contributed by atoms with Crippen LogP contribution in [0.3, 0.4) is 0 Å². The van der Waals surface area contributed by atoms with E-state index >= 15 is 0 Å². The quantitative estimate of drug-likeness (QED) is 0.610. The van der Waals surface area contributed by atoms with Crippen LogP contribution in [-0.4, -0.2) is 24.6 Å². The molecule has 0 saturated carbocycles. The fourth-order valence-electron chi connectivity index (χ4n) is 2.03. The van der Waals surface area contributed by atoms with Crippen molar-refractivity contribution < 1.29 is 19.1 Å². The summed E-state index contributed by atoms with van der Waals surface area (Å²) in [5.41, 5.74) is 0.999. The SMILES string of the molecule is CCCOC(=O)c1ccc(NC(=O)C(C)Oc2ccc(Cl)cc2Br)cc1. The van der Waals surface area contributed by atoms with E-state index in [1.165, 1.54) is 0 Å². The summed E-state index contributed by atoms with van der Waals surface area (Å²) in [5.74, 6) is -0.173. The minimum absolute atomic E-state index is 0.312. The molecule has 1 atom stereocenters. The molecule has 0 fully saturated rings. The first-order valence-electron chi connectivity index (χ1n) is 8.10. The summed E-state index contributed by atoms with van der Waals surface area (Å²) in [6.45, 7) is 3.96. The maximum atomic E-state index is 12.3. The lowest BCUT2D eigenvalue weighted by Gasteiger charge is -2.16. The molecule has 2 aromatic rings. The molecule has 1 amide bonds. The van der Waals surface area contributed by atoms with Crippen LogP contribution in [-0.2, 0) is 9.53 Å². The van der Waals surface area contributed by atoms with Crippen molar-refractivity contribution in [2.24, 2.45) is 0 Å². The average Bonchev–Trinajstić information content (AvgIpc) is 2.62. The number of esters is 1. The van der Waals surface area contributed by atoms with Crippen LogP contribution in [0.5, 0.6) is 5.75 Å². The Hall–Kier alpha value is -2.05. The van der Waals surface area contributed by atoms with Gasteiger partial charge in [-0.05, 0) is 71.7 Å². The van der Waals surface area contributed by atoms with E-state index in [4.69, 9.17) is 21.1 Å². The first-order valence-corrected chi connectivity index (χ1v) is 9.27. The molecular weight excluding hydrogens is 422 g/mol. The zero-order chi connectivity index (χ0) is 19.1. The Morgan fingerprint density at radius 1 is 1.19 bits per heavy atom. The number of hydrogen-bond acceptors (Lipinski definition) is 4. The van der Waals surface area contributed by atoms with Gasteiger partial charge in [-0.3, -0.25) is 4.79 Å². The molecule has 0 radical (unpaired) electrons. The van der Waals surface area contributed by atoms with Crippen molar-refractivity contribution in [1.29, 1.82) is 0 Å². The van der Waals surface area contributed by atoms with E-state index in [1.54, 1.807) is 49.4 Å². The molecular formula is C19H19BrClNO4. The van der Waals surface area contributed by atoms with Gasteiger partial charge in [-0.15, -0.1) is 0 Å². The summed E-state index contributed by atoms with van der Waals surface area (Å²) < 4.78 is 11.4. The number of carbonyl (C=O) groups excluding carboxylic acids is 2. The van der Waals surface area contributed by atoms with Crippen LogP contribution < -0.4 is 10.1 Å². The van der Waals surface area contributed by atoms with Crippen LogP contribution >= 0.6 is 27.5 Å². The summed E-state index contributed by atoms with van der Waals surface area (Å²) in [5, 5.41) is 3.31. The van der Waals surface area contributed by atoms with Gasteiger partial charge in [-0.2, -0.15) is 0 Å². The number of benzene rings is 2. The smallest absolute Gasteiger partial charge is 0.338 e. The molecule has 138 valence electrons. The van der Waals surface area contributed by atoms with Gasteiger partial charge in [-0.25, -0.2) is 4.79 Å². The second-order valence-electron chi connectivity index (χ2n) is 5.54. The van der Waals surface area contributed by atoms with Crippen LogP contribution in [0, 0.1) is 0 Å². The maximum Gasteiger partial charge on any atom is 0.338 e. The summed E-state index contributed by atoms with van der Waals surface area (Å²) in [7, 11) is 0. The van der Waals surface area contributed by atoms with Gasteiger partial charge in [0, 0.05) is 10.7 Å². The highest BCUT2D eigenvalue weighted by molar-refractivity contribution is 9.10. The zero-order valence-electron chi connectivity index (χ0n) is 14.4. The van der Waals surface area contributed by atoms with Gasteiger partial charge in [0.25, 0.3) is 5.91 Å². The van der Waals surface area contributed by atoms with Crippen molar-refractivity contribution in [3.8, 4) is 5.75 Å². The predicted molar refractivity (Wildman–Crippen MR) is 105 cm³/mol. The second-order valence-corrected chi connectivity index (χ2v) is 6.83. The number of halogens is 2. The fourth-order valence-corrected chi connectivity index (χ4v) is 2.80. The van der Waals surface area contributed by atoms with Crippen molar-refractivity contribution in [3.05, 3.63) is 57.5 Å². The molecule has 0 bridgehead atoms. The molecule has 0 aromatic heterocycles. The van der Waals surface area contributed by atoms with E-state index in [-0.39, 0.29) is 11.9 Å². The number of hydrogen-bond donors (Lipinski definition) is 1. The van der Waals surface area contributed by atoms with Crippen LogP contribution in [0.2, 0.25) is 5.02 Å². The van der Waals surface area contributed by atoms with Gasteiger partial charge in [0.1, 0.15) is 5.75 Å². The Morgan fingerprint density at radius 3 is 2.50 bits per heavy atom. The number of ether oxygens (including phenoxy) is 2. The van der Waals surface area contributed by atoms with E-state index in [1.807, 2.05) is 6.92 Å². The van der Waals surface area contributed by atoms with Crippen LogP contribution in [0.15, 0.2) is 46.9 Å². The normalized spacial score (nSPS) is 11.5. The Labute approximate surface area is 165 Å². The van der Waals surface area contributed by atoms with E-state index < -0.39 is 6.10 Å². The van der Waals surface area contributed by atoms with Crippen LogP contribution in [0.25, 0.3) is 0 Å². The lowest BCUT2D eigenvalue weighted by atomic mass is 10.2. The molecule has 0 aliphatic carbocycles. The molecule has 1 unspecified atom stereocenters. The summed E-state index contributed by atoms with van der Waals surface area (Å²) in [6, 6.07) is 11.6. The van der Waals surface area contributed by atoms with E-state index in [0.717, 1.165) is 6.42 Å². The van der Waals surface area contributed by atoms with Crippen molar-refractivity contribution in [3.63, 3.8) is 0 Å². The lowest BCUT2D eigenvalue weighted by molar-refractivity contribution is -0.122. The van der Waals surface area contributed by atoms with Crippen LogP contribution in [0.4, 0.5) is 5.69 Å². The van der Waals surface area contributed by atoms with E-state index in [0.29, 0.717) is 33.1 Å². The summed E-state index contributed by atoms with van der Waals surface area (Å²) in [4.78, 5) is 24.0. The maximum absolute atomic E-state index is 12.3. The van der Waals surface area contributed by atoms with Gasteiger partial charge >= 0.3 is 5.97 Å². The molecule has 2 rings (SSSR count). The number of rotatable bonds is 7. The highest BCUT2D eigenvalue weighted by Crippen LogP contribution is 2.28. The minimum atomic E-state index is -0.721. The fraction of sp³-hybridized carbons (Fsp3) is 0.263. The van der Waals surface area contributed by atoms with Crippen molar-refractivity contribution >= 4 is 45.1 Å². The monoisotopic (exact) mass is 439 g/mol. The minimum Gasteiger partial charge on any atom is -0.480 e. The summed E-state index contributed by atoms with van der Waals surface area (Å²) in [6.07, 6.45) is 0.0447. The molecule has 0 aliphatic heterocycles. The van der Waals surface area contributed by atoms with Gasteiger partial charge < -0.3 is 14.8 Å². The zero-order valence-corrected chi connectivity index (χ0v) is 16.8. The molecule has 0 saturated heterocycles. The third kappa shape index (κ3) is 5.75. The van der Waals surface area contributed by atoms with Crippen molar-refractivity contribution in [1.82, 2.24) is 0 Å². The van der Waals surface area contributed by atoms with E-state index in [9.17, 15) is 9.59 Å². The van der Waals surface area contributed by atoms with Gasteiger partial charge in [0.05, 0.1) is 16.6 Å². The standard InChI is InChI=1S/C19H19BrClNO4/c1-3-10-25-19(24)13-4-7-15(8-5-13)22-18(23)12(2)26-17-9-6-14(21)11-16(17)20/h4-9,11-12H,3,10H2,1-2H3,(H,22,23).